The van der Waals surface area contributed by atoms with Gasteiger partial charge in [-0.3, -0.25) is 9.59 Å². The average molecular weight is 458 g/mol. The molecule has 0 atom stereocenters. The molecule has 0 spiro atoms. The number of halogens is 1. The van der Waals surface area contributed by atoms with E-state index in [0.29, 0.717) is 36.9 Å². The standard InChI is InChI=1S/C26H24FN5O2/c27-19-9-5-17(6-10-19)16-32-23-4-2-1-3-21(23)24(22(15-29)26(32)34)31-20-11-7-18(8-12-20)25(33)30-14-13-28/h1-6,9-10,18,20,31H,7-8,11-12,14,16H2,(H,30,33). The molecule has 0 saturated heterocycles. The van der Waals surface area contributed by atoms with Crippen LogP contribution in [0.3, 0.4) is 0 Å². The molecule has 1 amide bonds. The Morgan fingerprint density at radius 3 is 2.44 bits per heavy atom. The maximum Gasteiger partial charge on any atom is 0.271 e. The topological polar surface area (TPSA) is 111 Å². The molecule has 1 aliphatic carbocycles. The van der Waals surface area contributed by atoms with Gasteiger partial charge in [0, 0.05) is 17.3 Å². The van der Waals surface area contributed by atoms with Crippen molar-refractivity contribution in [1.29, 1.82) is 10.5 Å². The average Bonchev–Trinajstić information content (AvgIpc) is 2.86. The molecule has 7 nitrogen and oxygen atoms in total. The summed E-state index contributed by atoms with van der Waals surface area (Å²) in [6.45, 7) is 0.222. The highest BCUT2D eigenvalue weighted by molar-refractivity contribution is 5.94. The Bertz CT molecular complexity index is 1340. The number of hydrogen-bond acceptors (Lipinski definition) is 5. The summed E-state index contributed by atoms with van der Waals surface area (Å²) in [6.07, 6.45) is 2.75. The van der Waals surface area contributed by atoms with Gasteiger partial charge >= 0.3 is 0 Å². The summed E-state index contributed by atoms with van der Waals surface area (Å²) in [5.74, 6) is -0.593. The summed E-state index contributed by atoms with van der Waals surface area (Å²) in [4.78, 5) is 25.5. The molecule has 1 heterocycles. The van der Waals surface area contributed by atoms with E-state index in [1.807, 2.05) is 30.3 Å². The number of amides is 1. The maximum absolute atomic E-state index is 13.3. The lowest BCUT2D eigenvalue weighted by Crippen LogP contribution is -2.36. The molecule has 34 heavy (non-hydrogen) atoms. The number of anilines is 1. The van der Waals surface area contributed by atoms with Crippen LogP contribution in [-0.4, -0.2) is 23.1 Å². The summed E-state index contributed by atoms with van der Waals surface area (Å²) in [5, 5.41) is 25.3. The van der Waals surface area contributed by atoms with Crippen molar-refractivity contribution in [3.8, 4) is 12.1 Å². The van der Waals surface area contributed by atoms with Crippen LogP contribution in [0.15, 0.2) is 53.3 Å². The van der Waals surface area contributed by atoms with E-state index >= 15 is 0 Å². The minimum Gasteiger partial charge on any atom is -0.381 e. The molecule has 4 rings (SSSR count). The third kappa shape index (κ3) is 4.77. The van der Waals surface area contributed by atoms with Gasteiger partial charge in [-0.1, -0.05) is 30.3 Å². The number of hydrogen-bond donors (Lipinski definition) is 2. The van der Waals surface area contributed by atoms with Gasteiger partial charge in [-0.05, 0) is 49.4 Å². The zero-order valence-electron chi connectivity index (χ0n) is 18.6. The van der Waals surface area contributed by atoms with E-state index in [1.54, 1.807) is 16.7 Å². The fourth-order valence-electron chi connectivity index (χ4n) is 4.56. The zero-order chi connectivity index (χ0) is 24.1. The largest absolute Gasteiger partial charge is 0.381 e. The SMILES string of the molecule is N#CCNC(=O)C1CCC(Nc2c(C#N)c(=O)n(Cc3ccc(F)cc3)c3ccccc23)CC1. The number of nitrogens with zero attached hydrogens (tertiary/aromatic N) is 3. The van der Waals surface area contributed by atoms with Crippen LogP contribution in [-0.2, 0) is 11.3 Å². The van der Waals surface area contributed by atoms with Crippen LogP contribution in [0, 0.1) is 34.4 Å². The molecule has 0 unspecified atom stereocenters. The lowest BCUT2D eigenvalue weighted by Gasteiger charge is -2.29. The Hall–Kier alpha value is -4.17. The van der Waals surface area contributed by atoms with Crippen molar-refractivity contribution in [1.82, 2.24) is 9.88 Å². The van der Waals surface area contributed by atoms with E-state index in [9.17, 15) is 19.2 Å². The molecule has 2 N–H and O–H groups in total. The van der Waals surface area contributed by atoms with Gasteiger partial charge in [0.25, 0.3) is 5.56 Å². The van der Waals surface area contributed by atoms with Crippen molar-refractivity contribution >= 4 is 22.5 Å². The second-order valence-electron chi connectivity index (χ2n) is 8.47. The molecular weight excluding hydrogens is 433 g/mol. The minimum absolute atomic E-state index is 0.00272. The predicted molar refractivity (Wildman–Crippen MR) is 126 cm³/mol. The molecular formula is C26H24FN5O2. The number of nitrogens with one attached hydrogen (secondary N) is 2. The third-order valence-electron chi connectivity index (χ3n) is 6.33. The smallest absolute Gasteiger partial charge is 0.271 e. The first kappa shape index (κ1) is 23.0. The van der Waals surface area contributed by atoms with Crippen LogP contribution < -0.4 is 16.2 Å². The summed E-state index contributed by atoms with van der Waals surface area (Å²) in [5.41, 5.74) is 1.58. The second-order valence-corrected chi connectivity index (χ2v) is 8.47. The van der Waals surface area contributed by atoms with Crippen LogP contribution in [0.25, 0.3) is 10.9 Å². The minimum atomic E-state index is -0.405. The highest BCUT2D eigenvalue weighted by Crippen LogP contribution is 2.31. The summed E-state index contributed by atoms with van der Waals surface area (Å²) in [7, 11) is 0. The molecule has 1 fully saturated rings. The Kier molecular flexibility index (Phi) is 6.89. The summed E-state index contributed by atoms with van der Waals surface area (Å²) >= 11 is 0. The van der Waals surface area contributed by atoms with Gasteiger partial charge in [0.15, 0.2) is 0 Å². The fraction of sp³-hybridized carbons (Fsp3) is 0.308. The Balaban J connectivity index is 1.62. The van der Waals surface area contributed by atoms with Crippen LogP contribution in [0.5, 0.6) is 0 Å². The lowest BCUT2D eigenvalue weighted by molar-refractivity contribution is -0.125. The van der Waals surface area contributed by atoms with E-state index in [2.05, 4.69) is 16.7 Å². The normalized spacial score (nSPS) is 17.5. The highest BCUT2D eigenvalue weighted by Gasteiger charge is 2.27. The molecule has 0 radical (unpaired) electrons. The van der Waals surface area contributed by atoms with Crippen molar-refractivity contribution in [2.75, 3.05) is 11.9 Å². The van der Waals surface area contributed by atoms with Crippen LogP contribution in [0.4, 0.5) is 10.1 Å². The van der Waals surface area contributed by atoms with Gasteiger partial charge in [0.2, 0.25) is 5.91 Å². The zero-order valence-corrected chi connectivity index (χ0v) is 18.6. The second kappa shape index (κ2) is 10.2. The molecule has 1 saturated carbocycles. The number of carbonyl (C=O) groups is 1. The van der Waals surface area contributed by atoms with Crippen molar-refractivity contribution in [3.63, 3.8) is 0 Å². The highest BCUT2D eigenvalue weighted by atomic mass is 19.1. The van der Waals surface area contributed by atoms with Crippen molar-refractivity contribution in [2.24, 2.45) is 5.92 Å². The maximum atomic E-state index is 13.3. The molecule has 2 aromatic carbocycles. The molecule has 1 aliphatic rings. The molecule has 172 valence electrons. The van der Waals surface area contributed by atoms with Gasteiger partial charge in [-0.15, -0.1) is 0 Å². The molecule has 0 aliphatic heterocycles. The number of benzene rings is 2. The number of para-hydroxylation sites is 1. The van der Waals surface area contributed by atoms with Crippen LogP contribution in [0.1, 0.15) is 36.8 Å². The van der Waals surface area contributed by atoms with Gasteiger partial charge in [0.05, 0.1) is 23.8 Å². The molecule has 0 bridgehead atoms. The van der Waals surface area contributed by atoms with Crippen LogP contribution in [0.2, 0.25) is 0 Å². The van der Waals surface area contributed by atoms with Gasteiger partial charge in [0.1, 0.15) is 24.0 Å². The number of fused-ring (bicyclic) bond motifs is 1. The lowest BCUT2D eigenvalue weighted by atomic mass is 9.85. The Morgan fingerprint density at radius 2 is 1.76 bits per heavy atom. The van der Waals surface area contributed by atoms with Crippen molar-refractivity contribution < 1.29 is 9.18 Å². The monoisotopic (exact) mass is 457 g/mol. The first-order chi connectivity index (χ1) is 16.5. The first-order valence-corrected chi connectivity index (χ1v) is 11.2. The van der Waals surface area contributed by atoms with E-state index in [0.717, 1.165) is 10.9 Å². The van der Waals surface area contributed by atoms with Gasteiger partial charge in [-0.25, -0.2) is 4.39 Å². The number of rotatable bonds is 6. The Morgan fingerprint density at radius 1 is 1.06 bits per heavy atom. The van der Waals surface area contributed by atoms with Crippen LogP contribution >= 0.6 is 0 Å². The molecule has 3 aromatic rings. The number of carbonyl (C=O) groups excluding carboxylic acids is 1. The quantitative estimate of drug-likeness (QED) is 0.549. The number of pyridine rings is 1. The van der Waals surface area contributed by atoms with Gasteiger partial charge < -0.3 is 15.2 Å². The van der Waals surface area contributed by atoms with E-state index < -0.39 is 5.56 Å². The van der Waals surface area contributed by atoms with E-state index in [4.69, 9.17) is 5.26 Å². The first-order valence-electron chi connectivity index (χ1n) is 11.2. The number of nitriles is 2. The summed E-state index contributed by atoms with van der Waals surface area (Å²) in [6, 6.07) is 17.4. The van der Waals surface area contributed by atoms with Gasteiger partial charge in [-0.2, -0.15) is 10.5 Å². The van der Waals surface area contributed by atoms with Crippen molar-refractivity contribution in [2.45, 2.75) is 38.3 Å². The van der Waals surface area contributed by atoms with Crippen molar-refractivity contribution in [3.05, 3.63) is 75.8 Å². The Labute approximate surface area is 196 Å². The van der Waals surface area contributed by atoms with E-state index in [1.165, 1.54) is 12.1 Å². The predicted octanol–water partition coefficient (Wildman–Crippen LogP) is 3.67. The summed E-state index contributed by atoms with van der Waals surface area (Å²) < 4.78 is 14.9. The molecule has 1 aromatic heterocycles. The third-order valence-corrected chi connectivity index (χ3v) is 6.33. The molecule has 8 heteroatoms. The van der Waals surface area contributed by atoms with E-state index in [-0.39, 0.29) is 42.3 Å². The fourth-order valence-corrected chi connectivity index (χ4v) is 4.56. The number of aromatic nitrogens is 1.